The molecule has 0 saturated carbocycles. The second-order valence-corrected chi connectivity index (χ2v) is 5.15. The fourth-order valence-electron chi connectivity index (χ4n) is 2.57. The van der Waals surface area contributed by atoms with Crippen molar-refractivity contribution in [3.8, 4) is 11.5 Å². The van der Waals surface area contributed by atoms with Crippen molar-refractivity contribution in [2.75, 3.05) is 26.2 Å². The van der Waals surface area contributed by atoms with Crippen LogP contribution >= 0.6 is 12.4 Å². The Morgan fingerprint density at radius 2 is 2.18 bits per heavy atom. The third-order valence-electron chi connectivity index (χ3n) is 3.41. The summed E-state index contributed by atoms with van der Waals surface area (Å²) in [6.07, 6.45) is 0. The predicted molar refractivity (Wildman–Crippen MR) is 84.2 cm³/mol. The normalized spacial score (nSPS) is 18.9. The van der Waals surface area contributed by atoms with E-state index in [4.69, 9.17) is 9.47 Å². The molecular weight excluding hydrogens is 314 g/mol. The van der Waals surface area contributed by atoms with E-state index >= 15 is 0 Å². The molecule has 4 nitrogen and oxygen atoms in total. The van der Waals surface area contributed by atoms with E-state index in [-0.39, 0.29) is 18.2 Å². The van der Waals surface area contributed by atoms with Gasteiger partial charge in [-0.3, -0.25) is 4.90 Å². The highest BCUT2D eigenvalue weighted by molar-refractivity contribution is 5.85. The molecule has 0 radical (unpaired) electrons. The van der Waals surface area contributed by atoms with Crippen molar-refractivity contribution < 1.29 is 18.3 Å². The van der Waals surface area contributed by atoms with E-state index in [0.717, 1.165) is 25.2 Å². The van der Waals surface area contributed by atoms with Crippen molar-refractivity contribution in [3.05, 3.63) is 23.8 Å². The number of nitrogens with zero attached hydrogens (tertiary/aromatic N) is 1. The second-order valence-electron chi connectivity index (χ2n) is 5.15. The molecule has 0 aromatic heterocycles. The van der Waals surface area contributed by atoms with Gasteiger partial charge in [-0.1, -0.05) is 12.1 Å². The summed E-state index contributed by atoms with van der Waals surface area (Å²) in [4.78, 5) is 2.23. The van der Waals surface area contributed by atoms with Gasteiger partial charge in [0.1, 0.15) is 0 Å². The van der Waals surface area contributed by atoms with Gasteiger partial charge in [-0.2, -0.15) is 8.78 Å². The average molecular weight is 337 g/mol. The zero-order valence-corrected chi connectivity index (χ0v) is 13.7. The highest BCUT2D eigenvalue weighted by Gasteiger charge is 2.20. The number of hydrogen-bond donors (Lipinski definition) is 1. The number of alkyl halides is 2. The molecule has 2 rings (SSSR count). The second kappa shape index (κ2) is 9.12. The van der Waals surface area contributed by atoms with Crippen molar-refractivity contribution in [1.29, 1.82) is 0 Å². The first-order chi connectivity index (χ1) is 10.1. The lowest BCUT2D eigenvalue weighted by atomic mass is 10.1. The maximum Gasteiger partial charge on any atom is 0.387 e. The summed E-state index contributed by atoms with van der Waals surface area (Å²) < 4.78 is 35.4. The molecule has 126 valence electrons. The predicted octanol–water partition coefficient (Wildman–Crippen LogP) is 2.90. The number of halogens is 3. The Morgan fingerprint density at radius 3 is 2.82 bits per heavy atom. The minimum Gasteiger partial charge on any atom is -0.490 e. The van der Waals surface area contributed by atoms with Gasteiger partial charge in [0.25, 0.3) is 0 Å². The molecule has 1 saturated heterocycles. The zero-order valence-electron chi connectivity index (χ0n) is 12.9. The monoisotopic (exact) mass is 336 g/mol. The van der Waals surface area contributed by atoms with E-state index < -0.39 is 6.61 Å². The summed E-state index contributed by atoms with van der Waals surface area (Å²) in [6.45, 7) is 4.73. The largest absolute Gasteiger partial charge is 0.490 e. The van der Waals surface area contributed by atoms with Gasteiger partial charge in [0.05, 0.1) is 6.61 Å². The van der Waals surface area contributed by atoms with Gasteiger partial charge in [0.15, 0.2) is 11.5 Å². The lowest BCUT2D eigenvalue weighted by Gasteiger charge is -2.32. The summed E-state index contributed by atoms with van der Waals surface area (Å²) in [5, 5.41) is 3.36. The van der Waals surface area contributed by atoms with Gasteiger partial charge in [-0.25, -0.2) is 0 Å². The van der Waals surface area contributed by atoms with Crippen LogP contribution in [0.4, 0.5) is 8.78 Å². The van der Waals surface area contributed by atoms with Crippen molar-refractivity contribution in [2.45, 2.75) is 33.0 Å². The van der Waals surface area contributed by atoms with Crippen LogP contribution in [0.25, 0.3) is 0 Å². The first-order valence-electron chi connectivity index (χ1n) is 7.25. The molecule has 0 bridgehead atoms. The van der Waals surface area contributed by atoms with Crippen LogP contribution in [0.15, 0.2) is 18.2 Å². The molecule has 1 heterocycles. The molecule has 0 unspecified atom stereocenters. The van der Waals surface area contributed by atoms with E-state index in [1.54, 1.807) is 6.07 Å². The van der Waals surface area contributed by atoms with Gasteiger partial charge in [-0.05, 0) is 19.9 Å². The van der Waals surface area contributed by atoms with Crippen molar-refractivity contribution in [3.63, 3.8) is 0 Å². The Labute approximate surface area is 136 Å². The molecule has 1 atom stereocenters. The third-order valence-corrected chi connectivity index (χ3v) is 3.41. The smallest absolute Gasteiger partial charge is 0.387 e. The van der Waals surface area contributed by atoms with Crippen LogP contribution < -0.4 is 14.8 Å². The van der Waals surface area contributed by atoms with Crippen LogP contribution in [-0.2, 0) is 6.54 Å². The van der Waals surface area contributed by atoms with Crippen LogP contribution in [0.2, 0.25) is 0 Å². The molecule has 1 aliphatic rings. The topological polar surface area (TPSA) is 33.7 Å². The minimum atomic E-state index is -2.85. The van der Waals surface area contributed by atoms with E-state index in [2.05, 4.69) is 17.1 Å². The minimum absolute atomic E-state index is 0. The number of rotatable bonds is 6. The number of piperazine rings is 1. The Kier molecular flexibility index (Phi) is 7.85. The third kappa shape index (κ3) is 5.26. The summed E-state index contributed by atoms with van der Waals surface area (Å²) in [6, 6.07) is 5.68. The number of benzene rings is 1. The molecular formula is C15H23ClF2N2O2. The van der Waals surface area contributed by atoms with Crippen LogP contribution in [0.1, 0.15) is 19.4 Å². The number of nitrogens with one attached hydrogen (secondary N) is 1. The SMILES string of the molecule is CCOc1cccc(CN2CCN[C@@H](C)C2)c1OC(F)F.Cl. The Morgan fingerprint density at radius 1 is 1.41 bits per heavy atom. The first kappa shape index (κ1) is 18.9. The lowest BCUT2D eigenvalue weighted by molar-refractivity contribution is -0.0524. The van der Waals surface area contributed by atoms with E-state index in [9.17, 15) is 8.78 Å². The van der Waals surface area contributed by atoms with E-state index in [1.807, 2.05) is 19.1 Å². The van der Waals surface area contributed by atoms with Crippen molar-refractivity contribution in [1.82, 2.24) is 10.2 Å². The number of para-hydroxylation sites is 1. The van der Waals surface area contributed by atoms with Crippen LogP contribution in [0.3, 0.4) is 0 Å². The molecule has 0 aliphatic carbocycles. The van der Waals surface area contributed by atoms with Gasteiger partial charge in [0, 0.05) is 37.8 Å². The van der Waals surface area contributed by atoms with Gasteiger partial charge in [0.2, 0.25) is 0 Å². The van der Waals surface area contributed by atoms with Crippen LogP contribution in [0, 0.1) is 0 Å². The molecule has 1 aromatic carbocycles. The van der Waals surface area contributed by atoms with Crippen molar-refractivity contribution >= 4 is 12.4 Å². The molecule has 1 N–H and O–H groups in total. The molecule has 0 spiro atoms. The average Bonchev–Trinajstić information content (AvgIpc) is 2.42. The van der Waals surface area contributed by atoms with E-state index in [1.165, 1.54) is 0 Å². The van der Waals surface area contributed by atoms with Gasteiger partial charge in [-0.15, -0.1) is 12.4 Å². The Hall–Kier alpha value is -1.11. The lowest BCUT2D eigenvalue weighted by Crippen LogP contribution is -2.48. The maximum absolute atomic E-state index is 12.7. The highest BCUT2D eigenvalue weighted by Crippen LogP contribution is 2.33. The summed E-state index contributed by atoms with van der Waals surface area (Å²) in [7, 11) is 0. The molecule has 1 aromatic rings. The highest BCUT2D eigenvalue weighted by atomic mass is 35.5. The summed E-state index contributed by atoms with van der Waals surface area (Å²) >= 11 is 0. The zero-order chi connectivity index (χ0) is 15.2. The fraction of sp³-hybridized carbons (Fsp3) is 0.600. The number of hydrogen-bond acceptors (Lipinski definition) is 4. The van der Waals surface area contributed by atoms with E-state index in [0.29, 0.717) is 24.9 Å². The summed E-state index contributed by atoms with van der Waals surface area (Å²) in [5.74, 6) is 0.527. The first-order valence-corrected chi connectivity index (χ1v) is 7.25. The Bertz CT molecular complexity index is 463. The molecule has 1 fully saturated rings. The van der Waals surface area contributed by atoms with Gasteiger partial charge < -0.3 is 14.8 Å². The Balaban J connectivity index is 0.00000242. The van der Waals surface area contributed by atoms with Gasteiger partial charge >= 0.3 is 6.61 Å². The van der Waals surface area contributed by atoms with Crippen molar-refractivity contribution in [2.24, 2.45) is 0 Å². The molecule has 7 heteroatoms. The quantitative estimate of drug-likeness (QED) is 0.866. The number of ether oxygens (including phenoxy) is 2. The molecule has 0 amide bonds. The summed E-state index contributed by atoms with van der Waals surface area (Å²) in [5.41, 5.74) is 0.732. The fourth-order valence-corrected chi connectivity index (χ4v) is 2.57. The van der Waals surface area contributed by atoms with Crippen LogP contribution in [0.5, 0.6) is 11.5 Å². The molecule has 22 heavy (non-hydrogen) atoms. The maximum atomic E-state index is 12.7. The molecule has 1 aliphatic heterocycles. The van der Waals surface area contributed by atoms with Crippen LogP contribution in [-0.4, -0.2) is 43.8 Å². The standard InChI is InChI=1S/C15H22F2N2O2.ClH/c1-3-20-13-6-4-5-12(14(13)21-15(16)17)10-19-8-7-18-11(2)9-19;/h4-6,11,15,18H,3,7-10H2,1-2H3;1H/t11-;/m0./s1.